The molecule has 2 nitrogen and oxygen atoms in total. The maximum Gasteiger partial charge on any atom is 0.0541 e. The van der Waals surface area contributed by atoms with Gasteiger partial charge in [0, 0.05) is 43.7 Å². The van der Waals surface area contributed by atoms with E-state index in [0.29, 0.717) is 0 Å². The van der Waals surface area contributed by atoms with Crippen molar-refractivity contribution in [3.05, 3.63) is 265 Å². The second-order valence-corrected chi connectivity index (χ2v) is 23.9. The summed E-state index contributed by atoms with van der Waals surface area (Å²) in [6, 6.07) is 93.1. The molecule has 0 atom stereocenters. The van der Waals surface area contributed by atoms with E-state index >= 15 is 0 Å². The van der Waals surface area contributed by atoms with Crippen LogP contribution in [0.3, 0.4) is 0 Å². The summed E-state index contributed by atoms with van der Waals surface area (Å²) >= 11 is 0. The first-order valence-corrected chi connectivity index (χ1v) is 29.2. The van der Waals surface area contributed by atoms with E-state index in [9.17, 15) is 0 Å². The van der Waals surface area contributed by atoms with Gasteiger partial charge in [0.1, 0.15) is 0 Å². The second-order valence-electron chi connectivity index (χ2n) is 23.9. The molecule has 378 valence electrons. The van der Waals surface area contributed by atoms with Crippen LogP contribution in [0.15, 0.2) is 243 Å². The molecule has 0 saturated heterocycles. The van der Waals surface area contributed by atoms with Crippen LogP contribution in [-0.4, -0.2) is 9.13 Å². The van der Waals surface area contributed by atoms with E-state index in [0.717, 1.165) is 0 Å². The highest BCUT2D eigenvalue weighted by Gasteiger charge is 2.47. The number of benzene rings is 12. The molecule has 4 aliphatic carbocycles. The molecule has 2 heterocycles. The minimum Gasteiger partial charge on any atom is -0.309 e. The van der Waals surface area contributed by atoms with Gasteiger partial charge < -0.3 is 9.13 Å². The molecule has 80 heavy (non-hydrogen) atoms. The third-order valence-corrected chi connectivity index (χ3v) is 20.0. The van der Waals surface area contributed by atoms with Crippen molar-refractivity contribution in [1.29, 1.82) is 0 Å². The van der Waals surface area contributed by atoms with Crippen molar-refractivity contribution in [1.82, 2.24) is 9.13 Å². The summed E-state index contributed by atoms with van der Waals surface area (Å²) in [5.74, 6) is 0. The van der Waals surface area contributed by atoms with Crippen LogP contribution < -0.4 is 0 Å². The van der Waals surface area contributed by atoms with Gasteiger partial charge in [-0.1, -0.05) is 183 Å². The van der Waals surface area contributed by atoms with Gasteiger partial charge in [0.25, 0.3) is 0 Å². The van der Waals surface area contributed by atoms with E-state index < -0.39 is 0 Å². The van der Waals surface area contributed by atoms with E-state index in [1.54, 1.807) is 0 Å². The fourth-order valence-corrected chi connectivity index (χ4v) is 16.2. The van der Waals surface area contributed by atoms with Crippen LogP contribution in [0.5, 0.6) is 0 Å². The number of hydrogen-bond acceptors (Lipinski definition) is 0. The SMILES string of the molecule is c1ccc2cc(-n3c4ccccc4c4cc(-c5ccc6c(c5)C5(CCCC5)c5cc(-c7ccc8c(c7)C7(CCCC7)c7cc(-c9ccc%10c(c9)c9ccccc9n%10-c9ccc%10ccccc%10c9)ccc7-8)ccc5-6)ccc43)ccc2c1. The van der Waals surface area contributed by atoms with E-state index in [1.807, 2.05) is 0 Å². The molecule has 12 aromatic carbocycles. The molecule has 0 amide bonds. The molecular formula is C78H56N2. The van der Waals surface area contributed by atoms with Crippen molar-refractivity contribution in [3.8, 4) is 67.0 Å². The van der Waals surface area contributed by atoms with E-state index in [1.165, 1.54) is 206 Å². The summed E-state index contributed by atoms with van der Waals surface area (Å²) in [5, 5.41) is 10.2. The van der Waals surface area contributed by atoms with Gasteiger partial charge >= 0.3 is 0 Å². The number of nitrogens with zero attached hydrogens (tertiary/aromatic N) is 2. The highest BCUT2D eigenvalue weighted by atomic mass is 15.0. The average Bonchev–Trinajstić information content (AvgIpc) is 4.58. The summed E-state index contributed by atoms with van der Waals surface area (Å²) in [5.41, 5.74) is 27.1. The van der Waals surface area contributed by atoms with Crippen LogP contribution in [0.4, 0.5) is 0 Å². The molecule has 0 N–H and O–H groups in total. The van der Waals surface area contributed by atoms with Gasteiger partial charge in [-0.3, -0.25) is 0 Å². The minimum absolute atomic E-state index is 0.0251. The van der Waals surface area contributed by atoms with Gasteiger partial charge in [0.05, 0.1) is 22.1 Å². The molecule has 0 radical (unpaired) electrons. The number of para-hydroxylation sites is 2. The summed E-state index contributed by atoms with van der Waals surface area (Å²) in [6.07, 6.45) is 9.83. The Morgan fingerprint density at radius 2 is 0.550 bits per heavy atom. The highest BCUT2D eigenvalue weighted by molar-refractivity contribution is 6.12. The van der Waals surface area contributed by atoms with Gasteiger partial charge in [0.15, 0.2) is 0 Å². The van der Waals surface area contributed by atoms with E-state index in [4.69, 9.17) is 0 Å². The number of rotatable bonds is 5. The van der Waals surface area contributed by atoms with Crippen molar-refractivity contribution in [3.63, 3.8) is 0 Å². The van der Waals surface area contributed by atoms with Crippen LogP contribution in [0.25, 0.3) is 132 Å². The molecule has 0 bridgehead atoms. The zero-order chi connectivity index (χ0) is 52.3. The smallest absolute Gasteiger partial charge is 0.0541 e. The Morgan fingerprint density at radius 3 is 0.938 bits per heavy atom. The van der Waals surface area contributed by atoms with Gasteiger partial charge in [0.2, 0.25) is 0 Å². The predicted molar refractivity (Wildman–Crippen MR) is 336 cm³/mol. The lowest BCUT2D eigenvalue weighted by Crippen LogP contribution is -2.21. The molecule has 18 rings (SSSR count). The normalized spacial score (nSPS) is 15.6. The van der Waals surface area contributed by atoms with Crippen molar-refractivity contribution in [2.45, 2.75) is 62.2 Å². The summed E-state index contributed by atoms with van der Waals surface area (Å²) in [4.78, 5) is 0. The van der Waals surface area contributed by atoms with Gasteiger partial charge in [-0.05, 0) is 210 Å². The molecule has 2 fully saturated rings. The zero-order valence-corrected chi connectivity index (χ0v) is 44.6. The summed E-state index contributed by atoms with van der Waals surface area (Å²) < 4.78 is 4.90. The zero-order valence-electron chi connectivity index (χ0n) is 44.6. The van der Waals surface area contributed by atoms with Gasteiger partial charge in [-0.2, -0.15) is 0 Å². The maximum absolute atomic E-state index is 2.62. The maximum atomic E-state index is 2.62. The minimum atomic E-state index is 0.0251. The molecule has 2 heteroatoms. The first-order chi connectivity index (χ1) is 39.6. The molecule has 0 unspecified atom stereocenters. The van der Waals surface area contributed by atoms with E-state index in [-0.39, 0.29) is 10.8 Å². The van der Waals surface area contributed by atoms with Crippen LogP contribution in [0.1, 0.15) is 73.6 Å². The third kappa shape index (κ3) is 6.25. The number of fused-ring (bicyclic) bond motifs is 18. The standard InChI is InChI=1S/C78H56N2/c1-3-15-51-41-59(29-21-49(51)13-1)79-73-19-7-5-17-65(73)67-43-53(27-35-75(67)79)55-23-31-61-63-33-25-57(47-71(63)77(69(61)45-55)37-9-10-38-77)58-26-34-64-62-32-24-56(46-70(62)78(72(64)48-58)39-11-12-40-78)54-28-36-76-68(44-54)66-18-6-8-20-74(66)80(76)60-30-22-50-14-2-4-16-52(50)42-60/h1-8,13-36,41-48H,9-12,37-40H2. The highest BCUT2D eigenvalue weighted by Crippen LogP contribution is 2.60. The number of hydrogen-bond donors (Lipinski definition) is 0. The first-order valence-electron chi connectivity index (χ1n) is 29.2. The van der Waals surface area contributed by atoms with Crippen LogP contribution >= 0.6 is 0 Å². The average molecular weight is 1020 g/mol. The lowest BCUT2D eigenvalue weighted by Gasteiger charge is -2.28. The van der Waals surface area contributed by atoms with Crippen LogP contribution in [0, 0.1) is 0 Å². The lowest BCUT2D eigenvalue weighted by molar-refractivity contribution is 0.549. The monoisotopic (exact) mass is 1020 g/mol. The molecule has 0 aliphatic heterocycles. The van der Waals surface area contributed by atoms with Gasteiger partial charge in [-0.25, -0.2) is 0 Å². The Balaban J connectivity index is 0.693. The molecule has 2 aromatic heterocycles. The Bertz CT molecular complexity index is 4650. The summed E-state index contributed by atoms with van der Waals surface area (Å²) in [7, 11) is 0. The van der Waals surface area contributed by atoms with Crippen molar-refractivity contribution in [2.24, 2.45) is 0 Å². The van der Waals surface area contributed by atoms with E-state index in [2.05, 4.69) is 252 Å². The summed E-state index contributed by atoms with van der Waals surface area (Å²) in [6.45, 7) is 0. The van der Waals surface area contributed by atoms with Crippen molar-refractivity contribution >= 4 is 65.2 Å². The van der Waals surface area contributed by atoms with Crippen LogP contribution in [-0.2, 0) is 10.8 Å². The third-order valence-electron chi connectivity index (χ3n) is 20.0. The largest absolute Gasteiger partial charge is 0.309 e. The Kier molecular flexibility index (Phi) is 9.30. The Labute approximate surface area is 465 Å². The topological polar surface area (TPSA) is 9.86 Å². The van der Waals surface area contributed by atoms with Crippen LogP contribution in [0.2, 0.25) is 0 Å². The Morgan fingerprint density at radius 1 is 0.237 bits per heavy atom. The Hall–Kier alpha value is -9.24. The first kappa shape index (κ1) is 44.7. The number of aromatic nitrogens is 2. The predicted octanol–water partition coefficient (Wildman–Crippen LogP) is 20.9. The van der Waals surface area contributed by atoms with Gasteiger partial charge in [-0.15, -0.1) is 0 Å². The fourth-order valence-electron chi connectivity index (χ4n) is 16.2. The molecular weight excluding hydrogens is 965 g/mol. The molecule has 14 aromatic rings. The lowest BCUT2D eigenvalue weighted by atomic mass is 9.75. The molecule has 2 spiro atoms. The molecule has 4 aliphatic rings. The van der Waals surface area contributed by atoms with Crippen molar-refractivity contribution < 1.29 is 0 Å². The fraction of sp³-hybridized carbons (Fsp3) is 0.128. The quantitative estimate of drug-likeness (QED) is 0.163. The second kappa shape index (κ2) is 16.6. The van der Waals surface area contributed by atoms with Crippen molar-refractivity contribution in [2.75, 3.05) is 0 Å². The molecule has 2 saturated carbocycles.